The zero-order valence-corrected chi connectivity index (χ0v) is 8.06. The molecule has 0 bridgehead atoms. The first-order valence-corrected chi connectivity index (χ1v) is 3.54. The molecule has 0 aliphatic carbocycles. The third kappa shape index (κ3) is 3.67. The van der Waals surface area contributed by atoms with Gasteiger partial charge >= 0.3 is 0 Å². The fraction of sp³-hybridized carbons (Fsp3) is 0.167. The lowest BCUT2D eigenvalue weighted by Gasteiger charge is -1.95. The number of hydrogen-bond acceptors (Lipinski definition) is 3. The molecule has 0 radical (unpaired) electrons. The van der Waals surface area contributed by atoms with E-state index in [1.54, 1.807) is 6.20 Å². The molecule has 0 aliphatic heterocycles. The van der Waals surface area contributed by atoms with Crippen LogP contribution in [0.1, 0.15) is 5.69 Å². The van der Waals surface area contributed by atoms with Crippen molar-refractivity contribution in [1.29, 1.82) is 0 Å². The first-order chi connectivity index (χ1) is 4.83. The average Bonchev–Trinajstić information content (AvgIpc) is 1.95. The van der Waals surface area contributed by atoms with Gasteiger partial charge in [-0.25, -0.2) is 5.90 Å². The normalized spacial score (nSPS) is 8.91. The average molecular weight is 240 g/mol. The lowest BCUT2D eigenvalue weighted by molar-refractivity contribution is 0.121. The molecular weight excluding hydrogens is 231 g/mol. The van der Waals surface area contributed by atoms with Crippen LogP contribution in [0.15, 0.2) is 22.8 Å². The van der Waals surface area contributed by atoms with E-state index in [1.807, 2.05) is 12.1 Å². The highest BCUT2D eigenvalue weighted by molar-refractivity contribution is 9.10. The summed E-state index contributed by atoms with van der Waals surface area (Å²) in [4.78, 5) is 8.41. The summed E-state index contributed by atoms with van der Waals surface area (Å²) in [6.07, 6.45) is 1.70. The highest BCUT2D eigenvalue weighted by atomic mass is 79.9. The van der Waals surface area contributed by atoms with Crippen LogP contribution >= 0.6 is 28.3 Å². The van der Waals surface area contributed by atoms with Gasteiger partial charge in [-0.2, -0.15) is 0 Å². The minimum Gasteiger partial charge on any atom is -0.298 e. The third-order valence-corrected chi connectivity index (χ3v) is 1.49. The molecular formula is C6H8BrClN2O. The smallest absolute Gasteiger partial charge is 0.110 e. The maximum Gasteiger partial charge on any atom is 0.110 e. The van der Waals surface area contributed by atoms with Crippen molar-refractivity contribution in [3.63, 3.8) is 0 Å². The Hall–Kier alpha value is -0.160. The molecule has 3 nitrogen and oxygen atoms in total. The highest BCUT2D eigenvalue weighted by Gasteiger charge is 1.91. The lowest BCUT2D eigenvalue weighted by atomic mass is 10.4. The molecule has 2 N–H and O–H groups in total. The van der Waals surface area contributed by atoms with Crippen molar-refractivity contribution >= 4 is 28.3 Å². The number of nitrogens with two attached hydrogens (primary N) is 1. The van der Waals surface area contributed by atoms with Crippen molar-refractivity contribution in [3.05, 3.63) is 28.5 Å². The van der Waals surface area contributed by atoms with Crippen LogP contribution in [0.25, 0.3) is 0 Å². The van der Waals surface area contributed by atoms with Crippen LogP contribution in [0.5, 0.6) is 0 Å². The highest BCUT2D eigenvalue weighted by Crippen LogP contribution is 2.07. The summed E-state index contributed by atoms with van der Waals surface area (Å²) in [7, 11) is 0. The van der Waals surface area contributed by atoms with E-state index in [1.165, 1.54) is 0 Å². The fourth-order valence-electron chi connectivity index (χ4n) is 0.577. The summed E-state index contributed by atoms with van der Waals surface area (Å²) in [5, 5.41) is 0. The van der Waals surface area contributed by atoms with Crippen LogP contribution in [-0.4, -0.2) is 4.98 Å². The van der Waals surface area contributed by atoms with Crippen molar-refractivity contribution in [1.82, 2.24) is 4.98 Å². The van der Waals surface area contributed by atoms with E-state index in [0.717, 1.165) is 10.2 Å². The Morgan fingerprint density at radius 3 is 2.73 bits per heavy atom. The predicted octanol–water partition coefficient (Wildman–Crippen LogP) is 1.66. The van der Waals surface area contributed by atoms with Gasteiger partial charge in [-0.05, 0) is 28.1 Å². The van der Waals surface area contributed by atoms with Gasteiger partial charge in [0.15, 0.2) is 0 Å². The monoisotopic (exact) mass is 238 g/mol. The Labute approximate surface area is 79.4 Å². The van der Waals surface area contributed by atoms with Crippen molar-refractivity contribution in [2.45, 2.75) is 6.61 Å². The number of rotatable bonds is 2. The predicted molar refractivity (Wildman–Crippen MR) is 48.2 cm³/mol. The van der Waals surface area contributed by atoms with Crippen LogP contribution < -0.4 is 5.90 Å². The van der Waals surface area contributed by atoms with Crippen LogP contribution in [0.4, 0.5) is 0 Å². The van der Waals surface area contributed by atoms with Gasteiger partial charge in [0, 0.05) is 10.7 Å². The van der Waals surface area contributed by atoms with Crippen LogP contribution in [0, 0.1) is 0 Å². The molecule has 1 aromatic rings. The Morgan fingerprint density at radius 1 is 1.55 bits per heavy atom. The molecule has 0 saturated heterocycles. The summed E-state index contributed by atoms with van der Waals surface area (Å²) in [5.74, 6) is 4.85. The van der Waals surface area contributed by atoms with Crippen LogP contribution in [0.2, 0.25) is 0 Å². The van der Waals surface area contributed by atoms with Gasteiger partial charge in [-0.1, -0.05) is 0 Å². The Bertz CT molecular complexity index is 204. The van der Waals surface area contributed by atoms with Gasteiger partial charge in [0.1, 0.15) is 6.61 Å². The summed E-state index contributed by atoms with van der Waals surface area (Å²) < 4.78 is 0.952. The van der Waals surface area contributed by atoms with Gasteiger partial charge in [0.2, 0.25) is 0 Å². The van der Waals surface area contributed by atoms with E-state index in [4.69, 9.17) is 5.90 Å². The summed E-state index contributed by atoms with van der Waals surface area (Å²) in [5.41, 5.74) is 0.825. The van der Waals surface area contributed by atoms with Crippen molar-refractivity contribution in [2.75, 3.05) is 0 Å². The molecule has 0 aliphatic rings. The molecule has 0 aromatic carbocycles. The maximum absolute atomic E-state index is 4.85. The molecule has 0 unspecified atom stereocenters. The number of halogens is 2. The minimum atomic E-state index is 0. The first-order valence-electron chi connectivity index (χ1n) is 2.75. The van der Waals surface area contributed by atoms with Gasteiger partial charge < -0.3 is 0 Å². The molecule has 62 valence electrons. The number of nitrogens with zero attached hydrogens (tertiary/aromatic N) is 1. The van der Waals surface area contributed by atoms with Crippen molar-refractivity contribution < 1.29 is 4.84 Å². The van der Waals surface area contributed by atoms with Gasteiger partial charge in [-0.15, -0.1) is 12.4 Å². The van der Waals surface area contributed by atoms with E-state index < -0.39 is 0 Å². The van der Waals surface area contributed by atoms with Gasteiger partial charge in [0.25, 0.3) is 0 Å². The van der Waals surface area contributed by atoms with Gasteiger partial charge in [-0.3, -0.25) is 9.82 Å². The van der Waals surface area contributed by atoms with E-state index in [9.17, 15) is 0 Å². The molecule has 1 rings (SSSR count). The van der Waals surface area contributed by atoms with E-state index in [-0.39, 0.29) is 12.4 Å². The summed E-state index contributed by atoms with van der Waals surface area (Å²) in [6, 6.07) is 3.73. The number of aromatic nitrogens is 1. The Balaban J connectivity index is 0.000001000. The molecule has 0 spiro atoms. The molecule has 0 amide bonds. The second-order valence-corrected chi connectivity index (χ2v) is 2.69. The Kier molecular flexibility index (Phi) is 5.41. The summed E-state index contributed by atoms with van der Waals surface area (Å²) in [6.45, 7) is 0.354. The molecule has 0 fully saturated rings. The minimum absolute atomic E-state index is 0. The number of hydrogen-bond donors (Lipinski definition) is 1. The zero-order chi connectivity index (χ0) is 7.40. The standard InChI is InChI=1S/C6H7BrN2O.ClH/c7-5-1-2-6(4-10-8)9-3-5;/h1-3H,4,8H2;1H. The largest absolute Gasteiger partial charge is 0.298 e. The van der Waals surface area contributed by atoms with E-state index >= 15 is 0 Å². The molecule has 5 heteroatoms. The van der Waals surface area contributed by atoms with Crippen molar-refractivity contribution in [3.8, 4) is 0 Å². The summed E-state index contributed by atoms with van der Waals surface area (Å²) >= 11 is 3.26. The maximum atomic E-state index is 4.85. The quantitative estimate of drug-likeness (QED) is 0.799. The molecule has 11 heavy (non-hydrogen) atoms. The molecule has 0 atom stereocenters. The van der Waals surface area contributed by atoms with Crippen molar-refractivity contribution in [2.24, 2.45) is 5.90 Å². The topological polar surface area (TPSA) is 48.1 Å². The molecule has 0 saturated carbocycles. The van der Waals surface area contributed by atoms with Gasteiger partial charge in [0.05, 0.1) is 5.69 Å². The van der Waals surface area contributed by atoms with Crippen LogP contribution in [-0.2, 0) is 11.4 Å². The Morgan fingerprint density at radius 2 is 2.27 bits per heavy atom. The molecule has 1 aromatic heterocycles. The van der Waals surface area contributed by atoms with E-state index in [2.05, 4.69) is 25.8 Å². The molecule has 1 heterocycles. The lowest BCUT2D eigenvalue weighted by Crippen LogP contribution is -2.00. The number of pyridine rings is 1. The zero-order valence-electron chi connectivity index (χ0n) is 5.66. The third-order valence-electron chi connectivity index (χ3n) is 1.02. The second-order valence-electron chi connectivity index (χ2n) is 1.78. The fourth-order valence-corrected chi connectivity index (χ4v) is 0.812. The SMILES string of the molecule is Cl.NOCc1ccc(Br)cn1. The van der Waals surface area contributed by atoms with E-state index in [0.29, 0.717) is 6.61 Å². The van der Waals surface area contributed by atoms with Crippen LogP contribution in [0.3, 0.4) is 0 Å². The second kappa shape index (κ2) is 5.49. The first kappa shape index (κ1) is 10.8.